The van der Waals surface area contributed by atoms with E-state index >= 15 is 0 Å². The highest BCUT2D eigenvalue weighted by molar-refractivity contribution is 5.80. The average Bonchev–Trinajstić information content (AvgIpc) is 2.89. The van der Waals surface area contributed by atoms with Gasteiger partial charge in [0.2, 0.25) is 0 Å². The molecule has 1 aliphatic carbocycles. The number of benzene rings is 1. The molecule has 18 heavy (non-hydrogen) atoms. The van der Waals surface area contributed by atoms with E-state index in [1.807, 2.05) is 35.0 Å². The molecule has 1 saturated carbocycles. The number of ketones is 1. The van der Waals surface area contributed by atoms with Gasteiger partial charge >= 0.3 is 0 Å². The van der Waals surface area contributed by atoms with E-state index in [1.54, 1.807) is 6.20 Å². The molecule has 0 saturated heterocycles. The Kier molecular flexibility index (Phi) is 2.92. The maximum Gasteiger partial charge on any atom is 0.133 e. The van der Waals surface area contributed by atoms with Crippen LogP contribution in [0.1, 0.15) is 37.3 Å². The summed E-state index contributed by atoms with van der Waals surface area (Å²) in [6.07, 6.45) is 5.16. The molecule has 1 heterocycles. The fourth-order valence-corrected chi connectivity index (χ4v) is 2.57. The largest absolute Gasteiger partial charge is 0.300 e. The fourth-order valence-electron chi connectivity index (χ4n) is 2.57. The molecule has 2 aromatic rings. The van der Waals surface area contributed by atoms with Gasteiger partial charge in [-0.1, -0.05) is 23.4 Å². The van der Waals surface area contributed by atoms with E-state index < -0.39 is 0 Å². The zero-order chi connectivity index (χ0) is 12.4. The Morgan fingerprint density at radius 2 is 2.06 bits per heavy atom. The highest BCUT2D eigenvalue weighted by Gasteiger charge is 2.24. The van der Waals surface area contributed by atoms with Gasteiger partial charge in [0.05, 0.1) is 17.6 Å². The SMILES string of the molecule is O=C1CCCC(c2cnnn2-c2ccccc2)C1. The molecule has 0 bridgehead atoms. The van der Waals surface area contributed by atoms with Gasteiger partial charge in [0.15, 0.2) is 0 Å². The minimum absolute atomic E-state index is 0.265. The lowest BCUT2D eigenvalue weighted by molar-refractivity contribution is -0.120. The zero-order valence-electron chi connectivity index (χ0n) is 10.1. The maximum atomic E-state index is 11.6. The quantitative estimate of drug-likeness (QED) is 0.811. The standard InChI is InChI=1S/C14H15N3O/c18-13-8-4-5-11(9-13)14-10-15-16-17(14)12-6-2-1-3-7-12/h1-3,6-7,10-11H,4-5,8-9H2. The van der Waals surface area contributed by atoms with Crippen molar-refractivity contribution in [1.29, 1.82) is 0 Å². The minimum atomic E-state index is 0.265. The first-order chi connectivity index (χ1) is 8.84. The molecule has 1 aromatic carbocycles. The van der Waals surface area contributed by atoms with E-state index in [0.717, 1.165) is 30.6 Å². The number of hydrogen-bond donors (Lipinski definition) is 0. The average molecular weight is 241 g/mol. The van der Waals surface area contributed by atoms with E-state index in [9.17, 15) is 4.79 Å². The molecule has 92 valence electrons. The number of hydrogen-bond acceptors (Lipinski definition) is 3. The molecule has 1 aliphatic rings. The number of rotatable bonds is 2. The molecule has 0 N–H and O–H groups in total. The van der Waals surface area contributed by atoms with Crippen molar-refractivity contribution >= 4 is 5.78 Å². The van der Waals surface area contributed by atoms with Gasteiger partial charge in [-0.05, 0) is 25.0 Å². The molecular weight excluding hydrogens is 226 g/mol. The van der Waals surface area contributed by atoms with Crippen LogP contribution < -0.4 is 0 Å². The van der Waals surface area contributed by atoms with Gasteiger partial charge < -0.3 is 0 Å². The zero-order valence-corrected chi connectivity index (χ0v) is 10.1. The van der Waals surface area contributed by atoms with Crippen LogP contribution in [0.15, 0.2) is 36.5 Å². The maximum absolute atomic E-state index is 11.6. The van der Waals surface area contributed by atoms with Crippen LogP contribution in [0.3, 0.4) is 0 Å². The van der Waals surface area contributed by atoms with Crippen LogP contribution in [0.4, 0.5) is 0 Å². The topological polar surface area (TPSA) is 47.8 Å². The molecule has 0 aliphatic heterocycles. The third-order valence-corrected chi connectivity index (χ3v) is 3.48. The lowest BCUT2D eigenvalue weighted by Crippen LogP contribution is -2.16. The summed E-state index contributed by atoms with van der Waals surface area (Å²) in [7, 11) is 0. The number of nitrogens with zero attached hydrogens (tertiary/aromatic N) is 3. The Bertz CT molecular complexity index is 547. The molecule has 3 rings (SSSR count). The Morgan fingerprint density at radius 3 is 2.83 bits per heavy atom. The molecule has 0 radical (unpaired) electrons. The van der Waals surface area contributed by atoms with Crippen molar-refractivity contribution in [3.05, 3.63) is 42.2 Å². The van der Waals surface area contributed by atoms with Crippen molar-refractivity contribution in [3.63, 3.8) is 0 Å². The fraction of sp³-hybridized carbons (Fsp3) is 0.357. The summed E-state index contributed by atoms with van der Waals surface area (Å²) in [4.78, 5) is 11.6. The smallest absolute Gasteiger partial charge is 0.133 e. The Balaban J connectivity index is 1.94. The van der Waals surface area contributed by atoms with Crippen LogP contribution in [0.25, 0.3) is 5.69 Å². The summed E-state index contributed by atoms with van der Waals surface area (Å²) in [6, 6.07) is 9.94. The first-order valence-electron chi connectivity index (χ1n) is 6.32. The van der Waals surface area contributed by atoms with E-state index in [0.29, 0.717) is 12.2 Å². The van der Waals surface area contributed by atoms with Crippen LogP contribution >= 0.6 is 0 Å². The number of Topliss-reactive ketones (excluding diaryl/α,β-unsaturated/α-hetero) is 1. The molecule has 1 aromatic heterocycles. The Hall–Kier alpha value is -1.97. The van der Waals surface area contributed by atoms with E-state index in [4.69, 9.17) is 0 Å². The van der Waals surface area contributed by atoms with Crippen LogP contribution in [0.5, 0.6) is 0 Å². The molecule has 1 fully saturated rings. The van der Waals surface area contributed by atoms with Gasteiger partial charge in [-0.2, -0.15) is 0 Å². The van der Waals surface area contributed by atoms with Crippen molar-refractivity contribution < 1.29 is 4.79 Å². The molecule has 0 spiro atoms. The molecule has 4 nitrogen and oxygen atoms in total. The summed E-state index contributed by atoms with van der Waals surface area (Å²) in [5.41, 5.74) is 2.05. The first-order valence-corrected chi connectivity index (χ1v) is 6.32. The number of para-hydroxylation sites is 1. The van der Waals surface area contributed by atoms with Gasteiger partial charge in [0.1, 0.15) is 5.78 Å². The van der Waals surface area contributed by atoms with Crippen LogP contribution in [-0.2, 0) is 4.79 Å². The van der Waals surface area contributed by atoms with Crippen LogP contribution in [-0.4, -0.2) is 20.8 Å². The highest BCUT2D eigenvalue weighted by atomic mass is 16.1. The summed E-state index contributed by atoms with van der Waals surface area (Å²) < 4.78 is 1.85. The van der Waals surface area contributed by atoms with Gasteiger partial charge in [-0.25, -0.2) is 4.68 Å². The second kappa shape index (κ2) is 4.72. The van der Waals surface area contributed by atoms with Crippen molar-refractivity contribution in [3.8, 4) is 5.69 Å². The number of carbonyl (C=O) groups is 1. The Morgan fingerprint density at radius 1 is 1.22 bits per heavy atom. The van der Waals surface area contributed by atoms with Crippen LogP contribution in [0, 0.1) is 0 Å². The van der Waals surface area contributed by atoms with Crippen molar-refractivity contribution in [2.24, 2.45) is 0 Å². The van der Waals surface area contributed by atoms with Crippen molar-refractivity contribution in [1.82, 2.24) is 15.0 Å². The first kappa shape index (κ1) is 11.1. The van der Waals surface area contributed by atoms with Gasteiger partial charge in [-0.15, -0.1) is 5.10 Å². The molecule has 1 unspecified atom stereocenters. The molecule has 0 amide bonds. The predicted octanol–water partition coefficient (Wildman–Crippen LogP) is 2.49. The van der Waals surface area contributed by atoms with Crippen LogP contribution in [0.2, 0.25) is 0 Å². The summed E-state index contributed by atoms with van der Waals surface area (Å²) in [6.45, 7) is 0. The third kappa shape index (κ3) is 2.06. The second-order valence-electron chi connectivity index (χ2n) is 4.74. The third-order valence-electron chi connectivity index (χ3n) is 3.48. The second-order valence-corrected chi connectivity index (χ2v) is 4.74. The van der Waals surface area contributed by atoms with Gasteiger partial charge in [0, 0.05) is 18.8 Å². The number of aromatic nitrogens is 3. The highest BCUT2D eigenvalue weighted by Crippen LogP contribution is 2.31. The van der Waals surface area contributed by atoms with E-state index in [1.165, 1.54) is 0 Å². The summed E-state index contributed by atoms with van der Waals surface area (Å²) in [5, 5.41) is 8.14. The molecular formula is C14H15N3O. The minimum Gasteiger partial charge on any atom is -0.300 e. The van der Waals surface area contributed by atoms with Crippen molar-refractivity contribution in [2.45, 2.75) is 31.6 Å². The lowest BCUT2D eigenvalue weighted by atomic mass is 9.86. The lowest BCUT2D eigenvalue weighted by Gasteiger charge is -2.21. The van der Waals surface area contributed by atoms with Gasteiger partial charge in [-0.3, -0.25) is 4.79 Å². The normalized spacial score (nSPS) is 20.0. The summed E-state index contributed by atoms with van der Waals surface area (Å²) in [5.74, 6) is 0.619. The monoisotopic (exact) mass is 241 g/mol. The van der Waals surface area contributed by atoms with E-state index in [2.05, 4.69) is 10.3 Å². The van der Waals surface area contributed by atoms with E-state index in [-0.39, 0.29) is 5.92 Å². The Labute approximate surface area is 106 Å². The predicted molar refractivity (Wildman–Crippen MR) is 67.6 cm³/mol. The molecule has 1 atom stereocenters. The van der Waals surface area contributed by atoms with Crippen molar-refractivity contribution in [2.75, 3.05) is 0 Å². The number of carbonyl (C=O) groups excluding carboxylic acids is 1. The summed E-state index contributed by atoms with van der Waals surface area (Å²) >= 11 is 0. The van der Waals surface area contributed by atoms with Gasteiger partial charge in [0.25, 0.3) is 0 Å². The molecule has 4 heteroatoms.